The highest BCUT2D eigenvalue weighted by Gasteiger charge is 2.44. The Morgan fingerprint density at radius 1 is 1.08 bits per heavy atom. The molecule has 1 saturated heterocycles. The number of amides is 1. The first-order valence-electron chi connectivity index (χ1n) is 7.58. The van der Waals surface area contributed by atoms with Gasteiger partial charge in [0.1, 0.15) is 11.5 Å². The number of hydrogen-bond acceptors (Lipinski definition) is 4. The molecule has 0 radical (unpaired) electrons. The number of Topliss-reactive ketones (excluding diaryl/α,β-unsaturated/α-hetero) is 1. The highest BCUT2D eigenvalue weighted by Crippen LogP contribution is 2.38. The molecule has 0 spiro atoms. The van der Waals surface area contributed by atoms with Gasteiger partial charge in [-0.3, -0.25) is 9.59 Å². The van der Waals surface area contributed by atoms with E-state index in [2.05, 4.69) is 0 Å². The van der Waals surface area contributed by atoms with Gasteiger partial charge < -0.3 is 14.7 Å². The second-order valence-corrected chi connectivity index (χ2v) is 6.13. The number of ketones is 1. The highest BCUT2D eigenvalue weighted by molar-refractivity contribution is 6.46. The molecule has 0 bridgehead atoms. The van der Waals surface area contributed by atoms with E-state index >= 15 is 0 Å². The van der Waals surface area contributed by atoms with Crippen molar-refractivity contribution in [3.8, 4) is 5.75 Å². The second-order valence-electron chi connectivity index (χ2n) is 5.69. The summed E-state index contributed by atoms with van der Waals surface area (Å²) < 4.78 is 5.13. The molecule has 0 aromatic heterocycles. The maximum absolute atomic E-state index is 12.4. The van der Waals surface area contributed by atoms with Gasteiger partial charge >= 0.3 is 0 Å². The Hall–Kier alpha value is -2.79. The minimum absolute atomic E-state index is 0.0555. The summed E-state index contributed by atoms with van der Waals surface area (Å²) >= 11 is 5.87. The summed E-state index contributed by atoms with van der Waals surface area (Å²) in [5, 5.41) is 11.2. The molecule has 1 N–H and O–H groups in total. The fourth-order valence-corrected chi connectivity index (χ4v) is 3.01. The smallest absolute Gasteiger partial charge is 0.295 e. The highest BCUT2D eigenvalue weighted by atomic mass is 35.5. The van der Waals surface area contributed by atoms with Crippen LogP contribution in [0.5, 0.6) is 5.75 Å². The van der Waals surface area contributed by atoms with Crippen LogP contribution in [0.4, 0.5) is 0 Å². The third-order valence-corrected chi connectivity index (χ3v) is 4.48. The molecule has 2 aromatic rings. The van der Waals surface area contributed by atoms with Gasteiger partial charge in [-0.15, -0.1) is 0 Å². The Balaban J connectivity index is 2.13. The largest absolute Gasteiger partial charge is 0.507 e. The zero-order valence-electron chi connectivity index (χ0n) is 13.7. The van der Waals surface area contributed by atoms with Gasteiger partial charge in [-0.25, -0.2) is 0 Å². The molecule has 3 rings (SSSR count). The monoisotopic (exact) mass is 357 g/mol. The maximum atomic E-state index is 12.4. The van der Waals surface area contributed by atoms with Crippen LogP contribution in [0.2, 0.25) is 5.02 Å². The summed E-state index contributed by atoms with van der Waals surface area (Å²) in [4.78, 5) is 26.0. The van der Waals surface area contributed by atoms with E-state index in [0.717, 1.165) is 0 Å². The Morgan fingerprint density at radius 2 is 1.68 bits per heavy atom. The summed E-state index contributed by atoms with van der Waals surface area (Å²) in [6.45, 7) is 0. The predicted octanol–water partition coefficient (Wildman–Crippen LogP) is 3.40. The number of ether oxygens (including phenoxy) is 1. The fraction of sp³-hybridized carbons (Fsp3) is 0.158. The molecular weight excluding hydrogens is 342 g/mol. The Morgan fingerprint density at radius 3 is 2.24 bits per heavy atom. The molecule has 1 aliphatic heterocycles. The van der Waals surface area contributed by atoms with E-state index in [0.29, 0.717) is 21.9 Å². The molecule has 0 saturated carbocycles. The average Bonchev–Trinajstić information content (AvgIpc) is 2.86. The zero-order valence-corrected chi connectivity index (χ0v) is 14.4. The molecule has 6 heteroatoms. The normalized spacial score (nSPS) is 19.3. The standard InChI is InChI=1S/C19H16ClNO4/c1-21-16(11-5-9-14(25-2)10-6-11)15(18(23)19(21)24)17(22)12-3-7-13(20)8-4-12/h3-10,16,22H,1-2H3. The van der Waals surface area contributed by atoms with E-state index in [9.17, 15) is 14.7 Å². The summed E-state index contributed by atoms with van der Waals surface area (Å²) in [7, 11) is 3.10. The Kier molecular flexibility index (Phi) is 4.51. The van der Waals surface area contributed by atoms with Crippen LogP contribution in [0.1, 0.15) is 17.2 Å². The molecule has 5 nitrogen and oxygen atoms in total. The number of nitrogens with zero attached hydrogens (tertiary/aromatic N) is 1. The number of methoxy groups -OCH3 is 1. The van der Waals surface area contributed by atoms with Crippen molar-refractivity contribution >= 4 is 29.1 Å². The minimum Gasteiger partial charge on any atom is -0.507 e. The molecule has 0 aliphatic carbocycles. The van der Waals surface area contributed by atoms with Crippen LogP contribution in [0.3, 0.4) is 0 Å². The van der Waals surface area contributed by atoms with E-state index in [1.54, 1.807) is 55.6 Å². The van der Waals surface area contributed by atoms with Gasteiger partial charge in [-0.05, 0) is 42.0 Å². The minimum atomic E-state index is -0.712. The number of hydrogen-bond donors (Lipinski definition) is 1. The molecule has 1 aliphatic rings. The average molecular weight is 358 g/mol. The van der Waals surface area contributed by atoms with Gasteiger partial charge in [0, 0.05) is 17.6 Å². The molecule has 1 atom stereocenters. The summed E-state index contributed by atoms with van der Waals surface area (Å²) in [5.74, 6) is -0.929. The quantitative estimate of drug-likeness (QED) is 0.519. The van der Waals surface area contributed by atoms with Crippen molar-refractivity contribution in [3.05, 3.63) is 70.3 Å². The van der Waals surface area contributed by atoms with Crippen LogP contribution in [0.15, 0.2) is 54.1 Å². The van der Waals surface area contributed by atoms with Crippen molar-refractivity contribution in [2.75, 3.05) is 14.2 Å². The summed E-state index contributed by atoms with van der Waals surface area (Å²) in [5.41, 5.74) is 1.19. The van der Waals surface area contributed by atoms with E-state index < -0.39 is 17.7 Å². The van der Waals surface area contributed by atoms with E-state index in [-0.39, 0.29) is 11.3 Å². The van der Waals surface area contributed by atoms with Crippen LogP contribution >= 0.6 is 11.6 Å². The third kappa shape index (κ3) is 2.98. The van der Waals surface area contributed by atoms with Crippen LogP contribution in [-0.2, 0) is 9.59 Å². The number of carbonyl (C=O) groups excluding carboxylic acids is 2. The fourth-order valence-electron chi connectivity index (χ4n) is 2.89. The summed E-state index contributed by atoms with van der Waals surface area (Å²) in [6.07, 6.45) is 0. The van der Waals surface area contributed by atoms with Gasteiger partial charge in [0.2, 0.25) is 0 Å². The topological polar surface area (TPSA) is 66.8 Å². The number of benzene rings is 2. The van der Waals surface area contributed by atoms with Gasteiger partial charge in [0.25, 0.3) is 11.7 Å². The van der Waals surface area contributed by atoms with Gasteiger partial charge in [-0.2, -0.15) is 0 Å². The van der Waals surface area contributed by atoms with Crippen molar-refractivity contribution in [2.24, 2.45) is 0 Å². The first-order chi connectivity index (χ1) is 11.9. The van der Waals surface area contributed by atoms with Crippen LogP contribution in [-0.4, -0.2) is 35.9 Å². The SMILES string of the molecule is COc1ccc(C2C(=C(O)c3ccc(Cl)cc3)C(=O)C(=O)N2C)cc1. The first-order valence-corrected chi connectivity index (χ1v) is 7.96. The number of aliphatic hydroxyl groups excluding tert-OH is 1. The lowest BCUT2D eigenvalue weighted by Gasteiger charge is -2.21. The lowest BCUT2D eigenvalue weighted by molar-refractivity contribution is -0.139. The van der Waals surface area contributed by atoms with Crippen molar-refractivity contribution in [1.82, 2.24) is 4.90 Å². The molecule has 1 unspecified atom stereocenters. The molecule has 1 fully saturated rings. The van der Waals surface area contributed by atoms with Gasteiger partial charge in [0.15, 0.2) is 0 Å². The Bertz CT molecular complexity index is 856. The molecule has 2 aromatic carbocycles. The molecule has 128 valence electrons. The maximum Gasteiger partial charge on any atom is 0.295 e. The van der Waals surface area contributed by atoms with Crippen LogP contribution < -0.4 is 4.74 Å². The zero-order chi connectivity index (χ0) is 18.1. The number of likely N-dealkylation sites (tertiary alicyclic amines) is 1. The van der Waals surface area contributed by atoms with Crippen LogP contribution in [0, 0.1) is 0 Å². The van der Waals surface area contributed by atoms with E-state index in [1.165, 1.54) is 11.9 Å². The number of likely N-dealkylation sites (N-methyl/N-ethyl adjacent to an activating group) is 1. The number of aliphatic hydroxyl groups is 1. The van der Waals surface area contributed by atoms with Crippen molar-refractivity contribution in [1.29, 1.82) is 0 Å². The third-order valence-electron chi connectivity index (χ3n) is 4.22. The molecular formula is C19H16ClNO4. The van der Waals surface area contributed by atoms with Crippen molar-refractivity contribution in [3.63, 3.8) is 0 Å². The number of carbonyl (C=O) groups is 2. The van der Waals surface area contributed by atoms with Crippen molar-refractivity contribution in [2.45, 2.75) is 6.04 Å². The van der Waals surface area contributed by atoms with Gasteiger partial charge in [-0.1, -0.05) is 23.7 Å². The van der Waals surface area contributed by atoms with Crippen molar-refractivity contribution < 1.29 is 19.4 Å². The summed E-state index contributed by atoms with van der Waals surface area (Å²) in [6, 6.07) is 12.8. The molecule has 1 amide bonds. The molecule has 1 heterocycles. The molecule has 25 heavy (non-hydrogen) atoms. The predicted molar refractivity (Wildman–Crippen MR) is 94.5 cm³/mol. The van der Waals surface area contributed by atoms with Gasteiger partial charge in [0.05, 0.1) is 18.7 Å². The van der Waals surface area contributed by atoms with Crippen LogP contribution in [0.25, 0.3) is 5.76 Å². The first kappa shape index (κ1) is 17.0. The second kappa shape index (κ2) is 6.61. The lowest BCUT2D eigenvalue weighted by atomic mass is 9.95. The van der Waals surface area contributed by atoms with E-state index in [1.807, 2.05) is 0 Å². The Labute approximate surface area is 150 Å². The van der Waals surface area contributed by atoms with E-state index in [4.69, 9.17) is 16.3 Å². The number of halogens is 1. The lowest BCUT2D eigenvalue weighted by Crippen LogP contribution is -2.24. The number of rotatable bonds is 3.